The summed E-state index contributed by atoms with van der Waals surface area (Å²) in [5.74, 6) is -2.35. The number of benzene rings is 1. The second kappa shape index (κ2) is 3.87. The Morgan fingerprint density at radius 3 is 2.44 bits per heavy atom. The van der Waals surface area contributed by atoms with E-state index >= 15 is 0 Å². The van der Waals surface area contributed by atoms with Crippen molar-refractivity contribution >= 4 is 11.0 Å². The molecule has 2 aromatic heterocycles. The van der Waals surface area contributed by atoms with Gasteiger partial charge in [0, 0.05) is 11.8 Å². The fourth-order valence-corrected chi connectivity index (χ4v) is 1.89. The molecule has 5 heteroatoms. The van der Waals surface area contributed by atoms with E-state index in [0.717, 1.165) is 6.20 Å². The summed E-state index contributed by atoms with van der Waals surface area (Å²) >= 11 is 0. The predicted molar refractivity (Wildman–Crippen MR) is 61.4 cm³/mol. The smallest absolute Gasteiger partial charge is 0.177 e. The molecular formula is C13H7F3N2. The fourth-order valence-electron chi connectivity index (χ4n) is 1.89. The zero-order valence-electron chi connectivity index (χ0n) is 9.05. The average molecular weight is 248 g/mol. The van der Waals surface area contributed by atoms with Gasteiger partial charge in [0.15, 0.2) is 11.6 Å². The number of hydrogen-bond acceptors (Lipinski definition) is 1. The van der Waals surface area contributed by atoms with Crippen molar-refractivity contribution in [1.29, 1.82) is 0 Å². The third-order valence-corrected chi connectivity index (χ3v) is 2.75. The normalized spacial score (nSPS) is 11.1. The van der Waals surface area contributed by atoms with Gasteiger partial charge >= 0.3 is 0 Å². The molecule has 0 atom stereocenters. The Balaban J connectivity index is 2.29. The molecule has 0 bridgehead atoms. The Kier molecular flexibility index (Phi) is 2.33. The summed E-state index contributed by atoms with van der Waals surface area (Å²) in [6.45, 7) is 0. The van der Waals surface area contributed by atoms with Crippen LogP contribution in [0.2, 0.25) is 0 Å². The lowest BCUT2D eigenvalue weighted by Crippen LogP contribution is -1.89. The molecule has 18 heavy (non-hydrogen) atoms. The van der Waals surface area contributed by atoms with Crippen molar-refractivity contribution in [3.05, 3.63) is 54.1 Å². The first kappa shape index (κ1) is 10.8. The number of aromatic nitrogens is 2. The van der Waals surface area contributed by atoms with Gasteiger partial charge in [-0.1, -0.05) is 12.1 Å². The van der Waals surface area contributed by atoms with Crippen molar-refractivity contribution in [2.24, 2.45) is 0 Å². The van der Waals surface area contributed by atoms with Crippen molar-refractivity contribution in [3.8, 4) is 11.1 Å². The zero-order chi connectivity index (χ0) is 12.7. The van der Waals surface area contributed by atoms with Crippen LogP contribution in [0.5, 0.6) is 0 Å². The monoisotopic (exact) mass is 248 g/mol. The molecule has 0 amide bonds. The summed E-state index contributed by atoms with van der Waals surface area (Å²) in [7, 11) is 0. The first-order chi connectivity index (χ1) is 8.66. The minimum absolute atomic E-state index is 0.0709. The van der Waals surface area contributed by atoms with Gasteiger partial charge in [0.2, 0.25) is 0 Å². The van der Waals surface area contributed by atoms with Gasteiger partial charge in [-0.2, -0.15) is 0 Å². The van der Waals surface area contributed by atoms with Gasteiger partial charge < -0.3 is 4.98 Å². The van der Waals surface area contributed by atoms with Crippen LogP contribution >= 0.6 is 0 Å². The summed E-state index contributed by atoms with van der Waals surface area (Å²) in [4.78, 5) is 6.52. The molecule has 0 aliphatic heterocycles. The summed E-state index contributed by atoms with van der Waals surface area (Å²) in [6, 6.07) is 5.53. The Labute approximate surface area is 100 Å². The maximum atomic E-state index is 13.7. The maximum Gasteiger partial charge on any atom is 0.177 e. The van der Waals surface area contributed by atoms with Gasteiger partial charge in [-0.15, -0.1) is 0 Å². The summed E-state index contributed by atoms with van der Waals surface area (Å²) in [5, 5.41) is 0.0709. The minimum atomic E-state index is -1.01. The highest BCUT2D eigenvalue weighted by Gasteiger charge is 2.15. The SMILES string of the molecule is Fc1ccc(-c2c[nH]c3ncc(F)c(F)c23)cc1. The maximum absolute atomic E-state index is 13.7. The minimum Gasteiger partial charge on any atom is -0.345 e. The van der Waals surface area contributed by atoms with Crippen LogP contribution in [0.15, 0.2) is 36.7 Å². The van der Waals surface area contributed by atoms with Crippen LogP contribution in [-0.4, -0.2) is 9.97 Å². The number of halogens is 3. The fraction of sp³-hybridized carbons (Fsp3) is 0. The van der Waals surface area contributed by atoms with E-state index in [1.165, 1.54) is 30.5 Å². The van der Waals surface area contributed by atoms with Gasteiger partial charge in [0.1, 0.15) is 11.5 Å². The largest absolute Gasteiger partial charge is 0.345 e. The molecule has 2 heterocycles. The molecule has 1 aromatic carbocycles. The number of nitrogens with one attached hydrogen (secondary N) is 1. The lowest BCUT2D eigenvalue weighted by molar-refractivity contribution is 0.513. The topological polar surface area (TPSA) is 28.7 Å². The molecule has 3 aromatic rings. The first-order valence-corrected chi connectivity index (χ1v) is 5.24. The van der Waals surface area contributed by atoms with Crippen LogP contribution in [0, 0.1) is 17.5 Å². The van der Waals surface area contributed by atoms with Gasteiger partial charge in [-0.05, 0) is 17.7 Å². The van der Waals surface area contributed by atoms with Crippen molar-refractivity contribution in [2.45, 2.75) is 0 Å². The predicted octanol–water partition coefficient (Wildman–Crippen LogP) is 3.65. The second-order valence-corrected chi connectivity index (χ2v) is 3.85. The van der Waals surface area contributed by atoms with Crippen LogP contribution in [0.1, 0.15) is 0 Å². The molecule has 0 spiro atoms. The van der Waals surface area contributed by atoms with E-state index in [9.17, 15) is 13.2 Å². The lowest BCUT2D eigenvalue weighted by atomic mass is 10.1. The molecule has 2 nitrogen and oxygen atoms in total. The van der Waals surface area contributed by atoms with Crippen LogP contribution in [0.25, 0.3) is 22.2 Å². The molecule has 0 aliphatic rings. The number of rotatable bonds is 1. The van der Waals surface area contributed by atoms with E-state index in [0.29, 0.717) is 11.1 Å². The Bertz CT molecular complexity index is 717. The number of hydrogen-bond donors (Lipinski definition) is 1. The molecular weight excluding hydrogens is 241 g/mol. The highest BCUT2D eigenvalue weighted by molar-refractivity contribution is 5.93. The Hall–Kier alpha value is -2.30. The molecule has 3 rings (SSSR count). The van der Waals surface area contributed by atoms with E-state index in [4.69, 9.17) is 0 Å². The van der Waals surface area contributed by atoms with E-state index in [-0.39, 0.29) is 16.9 Å². The number of aromatic amines is 1. The van der Waals surface area contributed by atoms with Crippen molar-refractivity contribution in [1.82, 2.24) is 9.97 Å². The third-order valence-electron chi connectivity index (χ3n) is 2.75. The molecule has 0 unspecified atom stereocenters. The Morgan fingerprint density at radius 2 is 1.72 bits per heavy atom. The molecule has 0 radical (unpaired) electrons. The van der Waals surface area contributed by atoms with Crippen molar-refractivity contribution in [2.75, 3.05) is 0 Å². The quantitative estimate of drug-likeness (QED) is 0.699. The average Bonchev–Trinajstić information content (AvgIpc) is 2.79. The van der Waals surface area contributed by atoms with Gasteiger partial charge in [0.05, 0.1) is 11.6 Å². The van der Waals surface area contributed by atoms with Crippen molar-refractivity contribution < 1.29 is 13.2 Å². The molecule has 0 saturated heterocycles. The molecule has 0 aliphatic carbocycles. The van der Waals surface area contributed by atoms with Crippen LogP contribution in [0.3, 0.4) is 0 Å². The van der Waals surface area contributed by atoms with E-state index in [1.807, 2.05) is 0 Å². The Morgan fingerprint density at radius 1 is 1.00 bits per heavy atom. The van der Waals surface area contributed by atoms with E-state index in [2.05, 4.69) is 9.97 Å². The molecule has 1 N–H and O–H groups in total. The van der Waals surface area contributed by atoms with Gasteiger partial charge in [-0.3, -0.25) is 0 Å². The highest BCUT2D eigenvalue weighted by Crippen LogP contribution is 2.30. The standard InChI is InChI=1S/C13H7F3N2/c14-8-3-1-7(2-4-8)9-5-17-13-11(9)12(16)10(15)6-18-13/h1-6H,(H,17,18). The van der Waals surface area contributed by atoms with Gasteiger partial charge in [0.25, 0.3) is 0 Å². The van der Waals surface area contributed by atoms with E-state index in [1.54, 1.807) is 0 Å². The lowest BCUT2D eigenvalue weighted by Gasteiger charge is -2.00. The van der Waals surface area contributed by atoms with Crippen LogP contribution in [-0.2, 0) is 0 Å². The van der Waals surface area contributed by atoms with Crippen LogP contribution < -0.4 is 0 Å². The molecule has 0 fully saturated rings. The third kappa shape index (κ3) is 1.55. The summed E-state index contributed by atoms with van der Waals surface area (Å²) in [5.41, 5.74) is 1.30. The summed E-state index contributed by atoms with van der Waals surface area (Å²) in [6.07, 6.45) is 2.34. The molecule has 90 valence electrons. The second-order valence-electron chi connectivity index (χ2n) is 3.85. The van der Waals surface area contributed by atoms with Gasteiger partial charge in [-0.25, -0.2) is 18.2 Å². The van der Waals surface area contributed by atoms with E-state index < -0.39 is 11.6 Å². The number of pyridine rings is 1. The summed E-state index contributed by atoms with van der Waals surface area (Å²) < 4.78 is 39.8. The number of H-pyrrole nitrogens is 1. The van der Waals surface area contributed by atoms with Crippen molar-refractivity contribution in [3.63, 3.8) is 0 Å². The van der Waals surface area contributed by atoms with Crippen LogP contribution in [0.4, 0.5) is 13.2 Å². The number of fused-ring (bicyclic) bond motifs is 1. The zero-order valence-corrected chi connectivity index (χ0v) is 9.05. The molecule has 0 saturated carbocycles. The first-order valence-electron chi connectivity index (χ1n) is 5.24. The number of nitrogens with zero attached hydrogens (tertiary/aromatic N) is 1. The highest BCUT2D eigenvalue weighted by atomic mass is 19.2.